The van der Waals surface area contributed by atoms with Crippen molar-refractivity contribution < 1.29 is 25.9 Å². The summed E-state index contributed by atoms with van der Waals surface area (Å²) in [6.45, 7) is 32.3. The zero-order valence-corrected chi connectivity index (χ0v) is 27.4. The van der Waals surface area contributed by atoms with E-state index in [4.69, 9.17) is 25.9 Å². The Morgan fingerprint density at radius 1 is 0.406 bits per heavy atom. The van der Waals surface area contributed by atoms with Crippen LogP contribution in [0.3, 0.4) is 0 Å². The van der Waals surface area contributed by atoms with E-state index in [1.165, 1.54) is 0 Å². The molecule has 4 atom stereocenters. The third-order valence-corrected chi connectivity index (χ3v) is 21.2. The van der Waals surface area contributed by atoms with E-state index in [-0.39, 0.29) is 0 Å². The number of hydrogen-bond acceptors (Lipinski definition) is 8. The van der Waals surface area contributed by atoms with Crippen molar-refractivity contribution in [2.45, 2.75) is 132 Å². The summed E-state index contributed by atoms with van der Waals surface area (Å²) in [5.41, 5.74) is -1.71. The van der Waals surface area contributed by atoms with Crippen LogP contribution >= 0.6 is 0 Å². The van der Waals surface area contributed by atoms with Gasteiger partial charge in [0.15, 0.2) is 0 Å². The first-order chi connectivity index (χ1) is 13.7. The minimum Gasteiger partial charge on any atom is -0.391 e. The second-order valence-corrected chi connectivity index (χ2v) is 25.1. The smallest absolute Gasteiger partial charge is 0.391 e. The third-order valence-electron chi connectivity index (χ3n) is 3.69. The molecule has 4 unspecified atom stereocenters. The summed E-state index contributed by atoms with van der Waals surface area (Å²) in [6.07, 6.45) is 0. The van der Waals surface area contributed by atoms with E-state index in [2.05, 4.69) is 9.30 Å². The van der Waals surface area contributed by atoms with E-state index in [1.54, 1.807) is 0 Å². The molecule has 32 heavy (non-hydrogen) atoms. The molecule has 192 valence electrons. The molecule has 0 saturated carbocycles. The first kappa shape index (κ1) is 30.6. The summed E-state index contributed by atoms with van der Waals surface area (Å²) in [5.74, 6) is 0. The summed E-state index contributed by atoms with van der Waals surface area (Å²) in [5, 5.41) is 0. The summed E-state index contributed by atoms with van der Waals surface area (Å²) in [4.78, 5) is 0. The Kier molecular flexibility index (Phi) is 8.80. The monoisotopic (exact) mass is 526 g/mol. The van der Waals surface area contributed by atoms with Gasteiger partial charge in [0.2, 0.25) is 0 Å². The van der Waals surface area contributed by atoms with Crippen LogP contribution in [0.15, 0.2) is 0 Å². The van der Waals surface area contributed by atoms with Gasteiger partial charge in [0.1, 0.15) is 0 Å². The van der Waals surface area contributed by atoms with Gasteiger partial charge in [0.05, 0.1) is 22.4 Å². The topological polar surface area (TPSA) is 79.4 Å². The van der Waals surface area contributed by atoms with Crippen LogP contribution in [0.5, 0.6) is 0 Å². The van der Waals surface area contributed by atoms with Crippen molar-refractivity contribution in [1.82, 2.24) is 9.30 Å². The van der Waals surface area contributed by atoms with Crippen molar-refractivity contribution in [3.05, 3.63) is 0 Å². The molecule has 1 fully saturated rings. The van der Waals surface area contributed by atoms with Crippen LogP contribution in [0.1, 0.15) is 83.1 Å². The molecule has 0 bridgehead atoms. The molecule has 1 saturated heterocycles. The first-order valence-corrected chi connectivity index (χ1v) is 20.7. The van der Waals surface area contributed by atoms with Gasteiger partial charge >= 0.3 is 34.9 Å². The molecule has 8 nitrogen and oxygen atoms in total. The van der Waals surface area contributed by atoms with Crippen LogP contribution in [0.25, 0.3) is 0 Å². The third kappa shape index (κ3) is 11.3. The first-order valence-electron chi connectivity index (χ1n) is 11.4. The van der Waals surface area contributed by atoms with E-state index in [0.717, 1.165) is 0 Å². The van der Waals surface area contributed by atoms with Gasteiger partial charge in [-0.15, -0.1) is 0 Å². The Bertz CT molecular complexity index is 532. The highest BCUT2D eigenvalue weighted by atomic mass is 28.5. The molecule has 1 aliphatic heterocycles. The second kappa shape index (κ2) is 9.21. The van der Waals surface area contributed by atoms with Gasteiger partial charge < -0.3 is 25.9 Å². The largest absolute Gasteiger partial charge is 0.410 e. The lowest BCUT2D eigenvalue weighted by Gasteiger charge is -2.52. The van der Waals surface area contributed by atoms with Crippen LogP contribution in [-0.2, 0) is 25.9 Å². The maximum Gasteiger partial charge on any atom is 0.410 e. The van der Waals surface area contributed by atoms with Crippen LogP contribution < -0.4 is 9.30 Å². The molecule has 0 aromatic rings. The summed E-state index contributed by atoms with van der Waals surface area (Å²) in [6, 6.07) is 0. The predicted octanol–water partition coefficient (Wildman–Crippen LogP) is 4.75. The van der Waals surface area contributed by atoms with Crippen LogP contribution in [-0.4, -0.2) is 57.3 Å². The Morgan fingerprint density at radius 2 is 0.562 bits per heavy atom. The van der Waals surface area contributed by atoms with Gasteiger partial charge in [-0.3, -0.25) is 9.30 Å². The van der Waals surface area contributed by atoms with Crippen molar-refractivity contribution in [3.8, 4) is 0 Å². The quantitative estimate of drug-likeness (QED) is 0.508. The molecule has 0 aliphatic carbocycles. The Hall–Kier alpha value is 0.548. The molecule has 0 aromatic heterocycles. The minimum atomic E-state index is -3.04. The highest BCUT2D eigenvalue weighted by Gasteiger charge is 2.62. The molecule has 0 spiro atoms. The fourth-order valence-electron chi connectivity index (χ4n) is 4.19. The van der Waals surface area contributed by atoms with E-state index in [0.29, 0.717) is 0 Å². The molecule has 2 N–H and O–H groups in total. The maximum absolute atomic E-state index is 6.88. The standard InChI is InChI=1S/C20H50N2O6Si4/c1-17(2,3)23-29(13)21-30(14,24-18(4,5)6)28-32(16,26-20(10,11)12)22-31(15,27-29)25-19(7,8)9/h21-22H,1-16H3. The summed E-state index contributed by atoms with van der Waals surface area (Å²) < 4.78 is 47.3. The normalized spacial score (nSPS) is 36.0. The number of nitrogens with one attached hydrogen (secondary N) is 2. The molecule has 12 heteroatoms. The predicted molar refractivity (Wildman–Crippen MR) is 138 cm³/mol. The average Bonchev–Trinajstić information content (AvgIpc) is 2.21. The fraction of sp³-hybridized carbons (Fsp3) is 1.00. The van der Waals surface area contributed by atoms with Gasteiger partial charge in [-0.05, 0) is 109 Å². The second-order valence-electron chi connectivity index (χ2n) is 13.1. The Balaban J connectivity index is 3.62. The molecule has 0 radical (unpaired) electrons. The van der Waals surface area contributed by atoms with Crippen molar-refractivity contribution >= 4 is 34.9 Å². The van der Waals surface area contributed by atoms with E-state index >= 15 is 0 Å². The summed E-state index contributed by atoms with van der Waals surface area (Å²) >= 11 is 0. The molecule has 0 aromatic carbocycles. The minimum absolute atomic E-state index is 0.427. The number of rotatable bonds is 4. The Labute approximate surface area is 201 Å². The Morgan fingerprint density at radius 3 is 0.688 bits per heavy atom. The van der Waals surface area contributed by atoms with Crippen LogP contribution in [0.2, 0.25) is 26.2 Å². The molecule has 1 rings (SSSR count). The summed E-state index contributed by atoms with van der Waals surface area (Å²) in [7, 11) is -12.2. The van der Waals surface area contributed by atoms with Crippen LogP contribution in [0.4, 0.5) is 0 Å². The molecular formula is C20H50N2O6Si4. The zero-order valence-electron chi connectivity index (χ0n) is 23.4. The van der Waals surface area contributed by atoms with Gasteiger partial charge in [-0.2, -0.15) is 0 Å². The molecule has 1 heterocycles. The van der Waals surface area contributed by atoms with Gasteiger partial charge in [-0.1, -0.05) is 0 Å². The average molecular weight is 527 g/mol. The zero-order chi connectivity index (χ0) is 25.7. The van der Waals surface area contributed by atoms with Crippen LogP contribution in [0, 0.1) is 0 Å². The maximum atomic E-state index is 6.88. The fourth-order valence-corrected chi connectivity index (χ4v) is 25.5. The highest BCUT2D eigenvalue weighted by molar-refractivity contribution is 6.94. The SMILES string of the molecule is CC(C)(C)O[Si]1(C)N[Si](C)(OC(C)(C)C)O[Si](C)(OC(C)(C)C)N[Si](C)(OC(C)(C)C)O1. The van der Waals surface area contributed by atoms with Crippen molar-refractivity contribution in [3.63, 3.8) is 0 Å². The van der Waals surface area contributed by atoms with E-state index in [9.17, 15) is 0 Å². The highest BCUT2D eigenvalue weighted by Crippen LogP contribution is 2.32. The lowest BCUT2D eigenvalue weighted by Crippen LogP contribution is -2.83. The van der Waals surface area contributed by atoms with Gasteiger partial charge in [0.25, 0.3) is 0 Å². The van der Waals surface area contributed by atoms with Crippen molar-refractivity contribution in [2.24, 2.45) is 0 Å². The van der Waals surface area contributed by atoms with E-state index in [1.807, 2.05) is 109 Å². The van der Waals surface area contributed by atoms with E-state index < -0.39 is 57.3 Å². The molecular weight excluding hydrogens is 477 g/mol. The lowest BCUT2D eigenvalue weighted by atomic mass is 10.2. The van der Waals surface area contributed by atoms with Crippen molar-refractivity contribution in [1.29, 1.82) is 0 Å². The lowest BCUT2D eigenvalue weighted by molar-refractivity contribution is 0.0284. The number of hydrogen-bond donors (Lipinski definition) is 2. The molecule has 1 aliphatic rings. The van der Waals surface area contributed by atoms with Gasteiger partial charge in [-0.25, -0.2) is 0 Å². The molecule has 0 amide bonds. The van der Waals surface area contributed by atoms with Gasteiger partial charge in [0, 0.05) is 0 Å². The van der Waals surface area contributed by atoms with Crippen molar-refractivity contribution in [2.75, 3.05) is 0 Å².